The monoisotopic (exact) mass is 521 g/mol. The number of aryl methyl sites for hydroxylation is 1. The summed E-state index contributed by atoms with van der Waals surface area (Å²) in [6.07, 6.45) is 3.60. The van der Waals surface area contributed by atoms with E-state index in [2.05, 4.69) is 15.2 Å². The molecule has 36 heavy (non-hydrogen) atoms. The Hall–Kier alpha value is -2.99. The predicted molar refractivity (Wildman–Crippen MR) is 146 cm³/mol. The number of carbonyl (C=O) groups is 1. The number of amides is 1. The molecule has 0 radical (unpaired) electrons. The standard InChI is InChI=1S/C29H29Cl2N3O2/c30-21-13-19(14-22(31)15-21)5-3-4-11-32-29(36)24-7-2-1-6-20(24)17-34-12-10-25-26-16-23(35)8-9-27(26)33-28(25)18-34/h1-2,6-9,13-16,33,35H,3-5,10-12,17-18H2,(H,32,36). The topological polar surface area (TPSA) is 68.4 Å². The molecule has 7 heteroatoms. The number of phenols is 1. The summed E-state index contributed by atoms with van der Waals surface area (Å²) in [5, 5.41) is 15.4. The van der Waals surface area contributed by atoms with Crippen LogP contribution >= 0.6 is 23.2 Å². The minimum atomic E-state index is -0.0322. The molecule has 0 atom stereocenters. The molecule has 1 aliphatic rings. The number of rotatable bonds is 8. The van der Waals surface area contributed by atoms with E-state index in [-0.39, 0.29) is 5.91 Å². The Kier molecular flexibility index (Phi) is 7.51. The van der Waals surface area contributed by atoms with Gasteiger partial charge in [-0.1, -0.05) is 41.4 Å². The quantitative estimate of drug-likeness (QED) is 0.232. The van der Waals surface area contributed by atoms with E-state index in [9.17, 15) is 9.90 Å². The van der Waals surface area contributed by atoms with E-state index in [1.54, 1.807) is 12.1 Å². The summed E-state index contributed by atoms with van der Waals surface area (Å²) in [7, 11) is 0. The molecule has 3 aromatic carbocycles. The number of hydrogen-bond donors (Lipinski definition) is 3. The van der Waals surface area contributed by atoms with Crippen LogP contribution in [-0.4, -0.2) is 34.0 Å². The molecular formula is C29H29Cl2N3O2. The van der Waals surface area contributed by atoms with Crippen molar-refractivity contribution in [1.82, 2.24) is 15.2 Å². The van der Waals surface area contributed by atoms with Crippen molar-refractivity contribution in [2.45, 2.75) is 38.8 Å². The lowest BCUT2D eigenvalue weighted by Crippen LogP contribution is -2.31. The number of benzene rings is 3. The number of nitrogens with one attached hydrogen (secondary N) is 2. The summed E-state index contributed by atoms with van der Waals surface area (Å²) in [5.74, 6) is 0.260. The molecular weight excluding hydrogens is 493 g/mol. The first-order valence-corrected chi connectivity index (χ1v) is 13.1. The van der Waals surface area contributed by atoms with Crippen molar-refractivity contribution in [3.63, 3.8) is 0 Å². The van der Waals surface area contributed by atoms with Crippen molar-refractivity contribution in [3.8, 4) is 5.75 Å². The normalized spacial score (nSPS) is 13.6. The molecule has 5 nitrogen and oxygen atoms in total. The molecule has 0 spiro atoms. The number of aromatic hydroxyl groups is 1. The zero-order valence-corrected chi connectivity index (χ0v) is 21.5. The molecule has 0 fully saturated rings. The average Bonchev–Trinajstić information content (AvgIpc) is 3.20. The number of H-pyrrole nitrogens is 1. The Bertz CT molecular complexity index is 1380. The first-order valence-electron chi connectivity index (χ1n) is 12.3. The van der Waals surface area contributed by atoms with E-state index in [1.165, 1.54) is 11.3 Å². The maximum atomic E-state index is 13.0. The van der Waals surface area contributed by atoms with Crippen LogP contribution in [0.3, 0.4) is 0 Å². The smallest absolute Gasteiger partial charge is 0.251 e. The maximum absolute atomic E-state index is 13.0. The van der Waals surface area contributed by atoms with Gasteiger partial charge in [0.25, 0.3) is 5.91 Å². The fourth-order valence-electron chi connectivity index (χ4n) is 5.05. The molecule has 0 bridgehead atoms. The number of aromatic amines is 1. The van der Waals surface area contributed by atoms with Crippen molar-refractivity contribution in [1.29, 1.82) is 0 Å². The lowest BCUT2D eigenvalue weighted by Gasteiger charge is -2.27. The lowest BCUT2D eigenvalue weighted by atomic mass is 10.0. The number of phenolic OH excluding ortho intramolecular Hbond substituents is 1. The van der Waals surface area contributed by atoms with Crippen LogP contribution in [0.25, 0.3) is 10.9 Å². The summed E-state index contributed by atoms with van der Waals surface area (Å²) in [6, 6.07) is 18.9. The largest absolute Gasteiger partial charge is 0.508 e. The van der Waals surface area contributed by atoms with Gasteiger partial charge in [-0.25, -0.2) is 0 Å². The van der Waals surface area contributed by atoms with Gasteiger partial charge in [0.2, 0.25) is 0 Å². The van der Waals surface area contributed by atoms with Crippen molar-refractivity contribution in [3.05, 3.63) is 98.7 Å². The molecule has 3 N–H and O–H groups in total. The number of aromatic nitrogens is 1. The maximum Gasteiger partial charge on any atom is 0.251 e. The number of nitrogens with zero attached hydrogens (tertiary/aromatic N) is 1. The average molecular weight is 522 g/mol. The Balaban J connectivity index is 1.16. The van der Waals surface area contributed by atoms with Gasteiger partial charge in [0.1, 0.15) is 5.75 Å². The van der Waals surface area contributed by atoms with Gasteiger partial charge < -0.3 is 15.4 Å². The molecule has 0 aliphatic carbocycles. The Labute approximate surface area is 221 Å². The molecule has 2 heterocycles. The van der Waals surface area contributed by atoms with Gasteiger partial charge in [0, 0.05) is 58.4 Å². The van der Waals surface area contributed by atoms with Crippen LogP contribution in [0.1, 0.15) is 45.6 Å². The highest BCUT2D eigenvalue weighted by Gasteiger charge is 2.22. The number of hydrogen-bond acceptors (Lipinski definition) is 3. The van der Waals surface area contributed by atoms with Crippen molar-refractivity contribution < 1.29 is 9.90 Å². The minimum Gasteiger partial charge on any atom is -0.508 e. The third kappa shape index (κ3) is 5.70. The molecule has 0 saturated heterocycles. The highest BCUT2D eigenvalue weighted by atomic mass is 35.5. The van der Waals surface area contributed by atoms with Crippen molar-refractivity contribution in [2.24, 2.45) is 0 Å². The summed E-state index contributed by atoms with van der Waals surface area (Å²) in [5.41, 5.74) is 6.39. The minimum absolute atomic E-state index is 0.0322. The van der Waals surface area contributed by atoms with E-state index in [1.807, 2.05) is 48.5 Å². The van der Waals surface area contributed by atoms with E-state index in [0.29, 0.717) is 28.9 Å². The van der Waals surface area contributed by atoms with Gasteiger partial charge in [-0.15, -0.1) is 0 Å². The van der Waals surface area contributed by atoms with Crippen LogP contribution in [0.15, 0.2) is 60.7 Å². The van der Waals surface area contributed by atoms with Crippen LogP contribution in [0, 0.1) is 0 Å². The van der Waals surface area contributed by atoms with Crippen LogP contribution in [0.5, 0.6) is 5.75 Å². The first-order chi connectivity index (χ1) is 17.5. The van der Waals surface area contributed by atoms with E-state index in [4.69, 9.17) is 23.2 Å². The van der Waals surface area contributed by atoms with Gasteiger partial charge in [0.05, 0.1) is 0 Å². The number of halogens is 2. The Morgan fingerprint density at radius 2 is 1.83 bits per heavy atom. The van der Waals surface area contributed by atoms with E-state index in [0.717, 1.165) is 66.4 Å². The second-order valence-corrected chi connectivity index (χ2v) is 10.3. The molecule has 0 unspecified atom stereocenters. The van der Waals surface area contributed by atoms with Gasteiger partial charge >= 0.3 is 0 Å². The lowest BCUT2D eigenvalue weighted by molar-refractivity contribution is 0.0950. The second kappa shape index (κ2) is 11.0. The molecule has 1 aromatic heterocycles. The Morgan fingerprint density at radius 3 is 2.67 bits per heavy atom. The zero-order valence-electron chi connectivity index (χ0n) is 20.0. The van der Waals surface area contributed by atoms with E-state index < -0.39 is 0 Å². The first kappa shape index (κ1) is 24.7. The molecule has 5 rings (SSSR count). The van der Waals surface area contributed by atoms with Crippen LogP contribution in [0.4, 0.5) is 0 Å². The highest BCUT2D eigenvalue weighted by Crippen LogP contribution is 2.30. The molecule has 4 aromatic rings. The van der Waals surface area contributed by atoms with Gasteiger partial charge in [-0.2, -0.15) is 0 Å². The highest BCUT2D eigenvalue weighted by molar-refractivity contribution is 6.34. The third-order valence-electron chi connectivity index (χ3n) is 6.79. The van der Waals surface area contributed by atoms with Crippen LogP contribution < -0.4 is 5.32 Å². The molecule has 1 aliphatic heterocycles. The molecule has 186 valence electrons. The fourth-order valence-corrected chi connectivity index (χ4v) is 5.62. The third-order valence-corrected chi connectivity index (χ3v) is 7.23. The van der Waals surface area contributed by atoms with Gasteiger partial charge in [-0.05, 0) is 84.8 Å². The number of unbranched alkanes of at least 4 members (excludes halogenated alkanes) is 1. The summed E-state index contributed by atoms with van der Waals surface area (Å²) in [6.45, 7) is 3.02. The van der Waals surface area contributed by atoms with Crippen LogP contribution in [-0.2, 0) is 25.9 Å². The van der Waals surface area contributed by atoms with Crippen LogP contribution in [0.2, 0.25) is 10.0 Å². The SMILES string of the molecule is O=C(NCCCCc1cc(Cl)cc(Cl)c1)c1ccccc1CN1CCc2c([nH]c3ccc(O)cc23)C1. The van der Waals surface area contributed by atoms with Crippen molar-refractivity contribution >= 4 is 40.0 Å². The summed E-state index contributed by atoms with van der Waals surface area (Å²) < 4.78 is 0. The van der Waals surface area contributed by atoms with E-state index >= 15 is 0 Å². The fraction of sp³-hybridized carbons (Fsp3) is 0.276. The number of fused-ring (bicyclic) bond motifs is 3. The van der Waals surface area contributed by atoms with Crippen molar-refractivity contribution in [2.75, 3.05) is 13.1 Å². The number of carbonyl (C=O) groups excluding carboxylic acids is 1. The summed E-state index contributed by atoms with van der Waals surface area (Å²) in [4.78, 5) is 18.9. The second-order valence-electron chi connectivity index (χ2n) is 9.42. The predicted octanol–water partition coefficient (Wildman–Crippen LogP) is 6.49. The zero-order chi connectivity index (χ0) is 25.1. The van der Waals surface area contributed by atoms with Gasteiger partial charge in [-0.3, -0.25) is 9.69 Å². The summed E-state index contributed by atoms with van der Waals surface area (Å²) >= 11 is 12.2. The molecule has 0 saturated carbocycles. The Morgan fingerprint density at radius 1 is 1.03 bits per heavy atom. The van der Waals surface area contributed by atoms with Gasteiger partial charge in [0.15, 0.2) is 0 Å². The molecule has 1 amide bonds.